The van der Waals surface area contributed by atoms with Crippen LogP contribution in [0.15, 0.2) is 11.6 Å². The Morgan fingerprint density at radius 1 is 1.53 bits per heavy atom. The van der Waals surface area contributed by atoms with E-state index in [1.54, 1.807) is 0 Å². The molecule has 0 saturated heterocycles. The van der Waals surface area contributed by atoms with E-state index >= 15 is 0 Å². The summed E-state index contributed by atoms with van der Waals surface area (Å²) in [6.45, 7) is 4.51. The topological polar surface area (TPSA) is 24.9 Å². The molecule has 3 atom stereocenters. The van der Waals surface area contributed by atoms with Crippen LogP contribution in [0, 0.1) is 17.3 Å². The number of nitrogens with zero attached hydrogens (tertiary/aromatic N) is 1. The SMILES string of the molecule is CCNCC1(Cc2nccs2)CC2CCC1C2. The summed E-state index contributed by atoms with van der Waals surface area (Å²) in [4.78, 5) is 4.51. The highest BCUT2D eigenvalue weighted by Crippen LogP contribution is 2.57. The zero-order chi connectivity index (χ0) is 11.7. The first-order valence-electron chi connectivity index (χ1n) is 6.91. The fourth-order valence-corrected chi connectivity index (χ4v) is 4.84. The van der Waals surface area contributed by atoms with Crippen LogP contribution < -0.4 is 5.32 Å². The van der Waals surface area contributed by atoms with Crippen molar-refractivity contribution in [2.45, 2.75) is 39.0 Å². The summed E-state index contributed by atoms with van der Waals surface area (Å²) in [5.41, 5.74) is 0.525. The van der Waals surface area contributed by atoms with Crippen LogP contribution in [-0.2, 0) is 6.42 Å². The fourth-order valence-electron chi connectivity index (χ4n) is 4.07. The maximum atomic E-state index is 4.51. The second-order valence-corrected chi connectivity index (χ2v) is 6.80. The molecule has 3 heteroatoms. The van der Waals surface area contributed by atoms with Gasteiger partial charge in [0.15, 0.2) is 0 Å². The second-order valence-electron chi connectivity index (χ2n) is 5.83. The maximum Gasteiger partial charge on any atom is 0.0930 e. The quantitative estimate of drug-likeness (QED) is 0.868. The van der Waals surface area contributed by atoms with Crippen LogP contribution in [0.5, 0.6) is 0 Å². The molecule has 1 N–H and O–H groups in total. The van der Waals surface area contributed by atoms with Crippen molar-refractivity contribution in [1.29, 1.82) is 0 Å². The Kier molecular flexibility index (Phi) is 3.22. The van der Waals surface area contributed by atoms with Crippen LogP contribution in [-0.4, -0.2) is 18.1 Å². The predicted octanol–water partition coefficient (Wildman–Crippen LogP) is 3.10. The van der Waals surface area contributed by atoms with E-state index in [4.69, 9.17) is 0 Å². The molecule has 0 aromatic carbocycles. The molecule has 17 heavy (non-hydrogen) atoms. The normalized spacial score (nSPS) is 35.6. The van der Waals surface area contributed by atoms with Gasteiger partial charge in [0.2, 0.25) is 0 Å². The van der Waals surface area contributed by atoms with E-state index in [9.17, 15) is 0 Å². The van der Waals surface area contributed by atoms with Gasteiger partial charge in [-0.1, -0.05) is 13.3 Å². The highest BCUT2D eigenvalue weighted by Gasteiger charge is 2.50. The molecular weight excluding hydrogens is 228 g/mol. The standard InChI is InChI=1S/C14H22N2S/c1-2-15-10-14(9-13-16-5-6-17-13)8-11-3-4-12(14)7-11/h5-6,11-12,15H,2-4,7-10H2,1H3. The lowest BCUT2D eigenvalue weighted by atomic mass is 9.71. The molecule has 0 radical (unpaired) electrons. The Morgan fingerprint density at radius 2 is 2.47 bits per heavy atom. The molecule has 2 bridgehead atoms. The summed E-state index contributed by atoms with van der Waals surface area (Å²) in [7, 11) is 0. The van der Waals surface area contributed by atoms with Crippen molar-refractivity contribution in [1.82, 2.24) is 10.3 Å². The Labute approximate surface area is 108 Å². The number of hydrogen-bond donors (Lipinski definition) is 1. The van der Waals surface area contributed by atoms with E-state index in [-0.39, 0.29) is 0 Å². The van der Waals surface area contributed by atoms with E-state index < -0.39 is 0 Å². The Balaban J connectivity index is 1.77. The molecule has 2 aliphatic carbocycles. The lowest BCUT2D eigenvalue weighted by Crippen LogP contribution is -2.40. The zero-order valence-electron chi connectivity index (χ0n) is 10.6. The Bertz CT molecular complexity index is 362. The van der Waals surface area contributed by atoms with Crippen LogP contribution in [0.25, 0.3) is 0 Å². The van der Waals surface area contributed by atoms with E-state index in [1.165, 1.54) is 43.7 Å². The van der Waals surface area contributed by atoms with Crippen molar-refractivity contribution in [3.63, 3.8) is 0 Å². The molecule has 3 unspecified atom stereocenters. The molecule has 2 aliphatic rings. The number of nitrogens with one attached hydrogen (secondary N) is 1. The summed E-state index contributed by atoms with van der Waals surface area (Å²) in [5, 5.41) is 7.06. The molecule has 1 aromatic heterocycles. The largest absolute Gasteiger partial charge is 0.316 e. The molecule has 1 heterocycles. The lowest BCUT2D eigenvalue weighted by molar-refractivity contribution is 0.157. The summed E-state index contributed by atoms with van der Waals surface area (Å²) in [6.07, 6.45) is 9.02. The number of aromatic nitrogens is 1. The average molecular weight is 250 g/mol. The molecule has 2 fully saturated rings. The minimum Gasteiger partial charge on any atom is -0.316 e. The van der Waals surface area contributed by atoms with E-state index in [0.717, 1.165) is 18.4 Å². The third kappa shape index (κ3) is 2.15. The number of rotatable bonds is 5. The first kappa shape index (κ1) is 11.7. The molecule has 0 spiro atoms. The molecule has 2 saturated carbocycles. The summed E-state index contributed by atoms with van der Waals surface area (Å²) in [5.74, 6) is 1.97. The van der Waals surface area contributed by atoms with Crippen LogP contribution in [0.3, 0.4) is 0 Å². The third-order valence-electron chi connectivity index (χ3n) is 4.82. The smallest absolute Gasteiger partial charge is 0.0930 e. The number of thiazole rings is 1. The molecule has 0 amide bonds. The number of hydrogen-bond acceptors (Lipinski definition) is 3. The first-order chi connectivity index (χ1) is 8.32. The van der Waals surface area contributed by atoms with Gasteiger partial charge in [-0.15, -0.1) is 11.3 Å². The molecule has 94 valence electrons. The van der Waals surface area contributed by atoms with Crippen LogP contribution in [0.1, 0.15) is 37.6 Å². The monoisotopic (exact) mass is 250 g/mol. The second kappa shape index (κ2) is 4.69. The molecule has 3 rings (SSSR count). The lowest BCUT2D eigenvalue weighted by Gasteiger charge is -2.37. The highest BCUT2D eigenvalue weighted by molar-refractivity contribution is 7.09. The van der Waals surface area contributed by atoms with Gasteiger partial charge in [-0.25, -0.2) is 4.98 Å². The average Bonchev–Trinajstić information content (AvgIpc) is 3.02. The van der Waals surface area contributed by atoms with Crippen LogP contribution >= 0.6 is 11.3 Å². The fraction of sp³-hybridized carbons (Fsp3) is 0.786. The van der Waals surface area contributed by atoms with Gasteiger partial charge < -0.3 is 5.32 Å². The summed E-state index contributed by atoms with van der Waals surface area (Å²) >= 11 is 1.83. The number of fused-ring (bicyclic) bond motifs is 2. The van der Waals surface area contributed by atoms with Crippen molar-refractivity contribution in [2.24, 2.45) is 17.3 Å². The first-order valence-corrected chi connectivity index (χ1v) is 7.79. The van der Waals surface area contributed by atoms with Gasteiger partial charge in [0, 0.05) is 24.5 Å². The Hall–Kier alpha value is -0.410. The maximum absolute atomic E-state index is 4.51. The Morgan fingerprint density at radius 3 is 3.06 bits per heavy atom. The van der Waals surface area contributed by atoms with E-state index in [0.29, 0.717) is 5.41 Å². The minimum absolute atomic E-state index is 0.525. The van der Waals surface area contributed by atoms with Gasteiger partial charge in [-0.05, 0) is 43.1 Å². The van der Waals surface area contributed by atoms with E-state index in [2.05, 4.69) is 22.6 Å². The van der Waals surface area contributed by atoms with Crippen molar-refractivity contribution in [3.8, 4) is 0 Å². The van der Waals surface area contributed by atoms with Crippen LogP contribution in [0.4, 0.5) is 0 Å². The minimum atomic E-state index is 0.525. The van der Waals surface area contributed by atoms with Crippen molar-refractivity contribution in [3.05, 3.63) is 16.6 Å². The van der Waals surface area contributed by atoms with Gasteiger partial charge in [-0.2, -0.15) is 0 Å². The van der Waals surface area contributed by atoms with Gasteiger partial charge in [0.25, 0.3) is 0 Å². The van der Waals surface area contributed by atoms with Gasteiger partial charge in [0.05, 0.1) is 5.01 Å². The van der Waals surface area contributed by atoms with Crippen molar-refractivity contribution >= 4 is 11.3 Å². The van der Waals surface area contributed by atoms with Gasteiger partial charge in [0.1, 0.15) is 0 Å². The summed E-state index contributed by atoms with van der Waals surface area (Å²) in [6, 6.07) is 0. The van der Waals surface area contributed by atoms with E-state index in [1.807, 2.05) is 17.5 Å². The summed E-state index contributed by atoms with van der Waals surface area (Å²) < 4.78 is 0. The molecular formula is C14H22N2S. The van der Waals surface area contributed by atoms with Crippen LogP contribution in [0.2, 0.25) is 0 Å². The van der Waals surface area contributed by atoms with Crippen molar-refractivity contribution in [2.75, 3.05) is 13.1 Å². The molecule has 2 nitrogen and oxygen atoms in total. The van der Waals surface area contributed by atoms with Crippen molar-refractivity contribution < 1.29 is 0 Å². The van der Waals surface area contributed by atoms with Gasteiger partial charge in [-0.3, -0.25) is 0 Å². The third-order valence-corrected chi connectivity index (χ3v) is 5.60. The zero-order valence-corrected chi connectivity index (χ0v) is 11.4. The molecule has 1 aromatic rings. The molecule has 0 aliphatic heterocycles. The van der Waals surface area contributed by atoms with Gasteiger partial charge >= 0.3 is 0 Å². The predicted molar refractivity (Wildman–Crippen MR) is 72.2 cm³/mol. The highest BCUT2D eigenvalue weighted by atomic mass is 32.1.